The van der Waals surface area contributed by atoms with Crippen molar-refractivity contribution in [3.63, 3.8) is 0 Å². The number of benzene rings is 2. The molecular weight excluding hydrogens is 383 g/mol. The van der Waals surface area contributed by atoms with Gasteiger partial charge < -0.3 is 19.0 Å². The van der Waals surface area contributed by atoms with E-state index >= 15 is 0 Å². The van der Waals surface area contributed by atoms with Crippen LogP contribution in [0, 0.1) is 5.82 Å². The minimum Gasteiger partial charge on any atom is -0.454 e. The molecule has 0 amide bonds. The monoisotopic (exact) mass is 396 g/mol. The van der Waals surface area contributed by atoms with Gasteiger partial charge >= 0.3 is 5.69 Å². The summed E-state index contributed by atoms with van der Waals surface area (Å²) in [7, 11) is 0. The number of nitrogens with one attached hydrogen (secondary N) is 1. The fraction of sp³-hybridized carbons (Fsp3) is 0.158. The normalized spacial score (nSPS) is 12.6. The molecule has 0 radical (unpaired) electrons. The maximum Gasteiger partial charge on any atom is 0.328 e. The molecule has 146 valence electrons. The van der Waals surface area contributed by atoms with Gasteiger partial charge in [0, 0.05) is 24.6 Å². The largest absolute Gasteiger partial charge is 0.454 e. The molecule has 1 aliphatic rings. The molecule has 29 heavy (non-hydrogen) atoms. The average molecular weight is 396 g/mol. The quantitative estimate of drug-likeness (QED) is 0.560. The zero-order chi connectivity index (χ0) is 20.0. The molecule has 3 heterocycles. The van der Waals surface area contributed by atoms with Gasteiger partial charge in [0.1, 0.15) is 5.82 Å². The van der Waals surface area contributed by atoms with Crippen molar-refractivity contribution in [1.29, 1.82) is 0 Å². The maximum atomic E-state index is 13.3. The van der Waals surface area contributed by atoms with Crippen LogP contribution >= 0.6 is 0 Å². The number of nitrogens with zero attached hydrogens (tertiary/aromatic N) is 3. The number of ether oxygens (including phenoxy) is 2. The van der Waals surface area contributed by atoms with Crippen molar-refractivity contribution in [2.24, 2.45) is 0 Å². The standard InChI is InChI=1S/C19H13FN4O5/c20-11-3-1-2-10(6-11)17-22-16(29-23-17)4-5-24-18(25)12-7-14-15(28-9-27-14)8-13(12)21-19(24)26/h1-3,6-8H,4-5,9H2,(H,21,26). The fourth-order valence-corrected chi connectivity index (χ4v) is 3.15. The number of halogens is 1. The number of hydrogen-bond acceptors (Lipinski definition) is 7. The lowest BCUT2D eigenvalue weighted by Crippen LogP contribution is -2.35. The van der Waals surface area contributed by atoms with Gasteiger partial charge in [-0.15, -0.1) is 0 Å². The zero-order valence-corrected chi connectivity index (χ0v) is 14.8. The Morgan fingerprint density at radius 1 is 1.14 bits per heavy atom. The molecular formula is C19H13FN4O5. The summed E-state index contributed by atoms with van der Waals surface area (Å²) >= 11 is 0. The number of fused-ring (bicyclic) bond motifs is 2. The molecule has 9 nitrogen and oxygen atoms in total. The van der Waals surface area contributed by atoms with E-state index in [0.29, 0.717) is 28.0 Å². The van der Waals surface area contributed by atoms with E-state index < -0.39 is 17.1 Å². The van der Waals surface area contributed by atoms with Gasteiger partial charge in [-0.3, -0.25) is 9.36 Å². The van der Waals surface area contributed by atoms with Crippen LogP contribution in [-0.2, 0) is 13.0 Å². The van der Waals surface area contributed by atoms with E-state index in [1.165, 1.54) is 12.1 Å². The number of aryl methyl sites for hydroxylation is 1. The fourth-order valence-electron chi connectivity index (χ4n) is 3.15. The first-order valence-electron chi connectivity index (χ1n) is 8.73. The Balaban J connectivity index is 1.43. The Kier molecular flexibility index (Phi) is 3.90. The van der Waals surface area contributed by atoms with Crippen LogP contribution in [0.2, 0.25) is 0 Å². The Bertz CT molecular complexity index is 1360. The molecule has 0 aliphatic carbocycles. The molecule has 2 aromatic heterocycles. The van der Waals surface area contributed by atoms with Crippen molar-refractivity contribution in [2.45, 2.75) is 13.0 Å². The van der Waals surface area contributed by atoms with Gasteiger partial charge in [0.2, 0.25) is 18.5 Å². The van der Waals surface area contributed by atoms with Gasteiger partial charge in [-0.25, -0.2) is 9.18 Å². The predicted molar refractivity (Wildman–Crippen MR) is 98.3 cm³/mol. The summed E-state index contributed by atoms with van der Waals surface area (Å²) < 4.78 is 30.1. The Hall–Kier alpha value is -3.95. The number of rotatable bonds is 4. The molecule has 2 aromatic carbocycles. The van der Waals surface area contributed by atoms with Crippen LogP contribution in [0.3, 0.4) is 0 Å². The van der Waals surface area contributed by atoms with E-state index in [9.17, 15) is 14.0 Å². The van der Waals surface area contributed by atoms with Crippen molar-refractivity contribution in [3.05, 3.63) is 68.9 Å². The summed E-state index contributed by atoms with van der Waals surface area (Å²) in [6, 6.07) is 8.91. The minimum absolute atomic E-state index is 0.0311. The van der Waals surface area contributed by atoms with Gasteiger partial charge in [0.25, 0.3) is 5.56 Å². The molecule has 0 bridgehead atoms. The van der Waals surface area contributed by atoms with Gasteiger partial charge in [0.05, 0.1) is 10.9 Å². The third kappa shape index (κ3) is 3.04. The maximum absolute atomic E-state index is 13.3. The first-order chi connectivity index (χ1) is 14.1. The van der Waals surface area contributed by atoms with E-state index in [1.54, 1.807) is 24.3 Å². The van der Waals surface area contributed by atoms with E-state index in [4.69, 9.17) is 14.0 Å². The topological polar surface area (TPSA) is 112 Å². The third-order valence-corrected chi connectivity index (χ3v) is 4.58. The van der Waals surface area contributed by atoms with Gasteiger partial charge in [-0.2, -0.15) is 4.98 Å². The Morgan fingerprint density at radius 3 is 2.79 bits per heavy atom. The van der Waals surface area contributed by atoms with Crippen molar-refractivity contribution in [1.82, 2.24) is 19.7 Å². The summed E-state index contributed by atoms with van der Waals surface area (Å²) in [5.41, 5.74) is -0.193. The predicted octanol–water partition coefficient (Wildman–Crippen LogP) is 1.85. The number of aromatic nitrogens is 4. The molecule has 0 saturated heterocycles. The second kappa shape index (κ2) is 6.59. The van der Waals surface area contributed by atoms with Gasteiger partial charge in [-0.05, 0) is 18.2 Å². The number of hydrogen-bond donors (Lipinski definition) is 1. The third-order valence-electron chi connectivity index (χ3n) is 4.58. The van der Waals surface area contributed by atoms with Crippen LogP contribution in [-0.4, -0.2) is 26.5 Å². The second-order valence-corrected chi connectivity index (χ2v) is 6.41. The van der Waals surface area contributed by atoms with Crippen LogP contribution in [0.25, 0.3) is 22.3 Å². The molecule has 4 aromatic rings. The molecule has 0 spiro atoms. The van der Waals surface area contributed by atoms with Crippen LogP contribution < -0.4 is 20.7 Å². The van der Waals surface area contributed by atoms with E-state index in [-0.39, 0.29) is 31.5 Å². The lowest BCUT2D eigenvalue weighted by atomic mass is 10.2. The van der Waals surface area contributed by atoms with Crippen LogP contribution in [0.4, 0.5) is 4.39 Å². The highest BCUT2D eigenvalue weighted by molar-refractivity contribution is 5.81. The first-order valence-corrected chi connectivity index (χ1v) is 8.73. The van der Waals surface area contributed by atoms with Crippen molar-refractivity contribution >= 4 is 10.9 Å². The summed E-state index contributed by atoms with van der Waals surface area (Å²) in [4.78, 5) is 32.0. The summed E-state index contributed by atoms with van der Waals surface area (Å²) in [5.74, 6) is 0.961. The molecule has 1 N–H and O–H groups in total. The first kappa shape index (κ1) is 17.2. The van der Waals surface area contributed by atoms with E-state index in [2.05, 4.69) is 15.1 Å². The zero-order valence-electron chi connectivity index (χ0n) is 14.8. The molecule has 10 heteroatoms. The molecule has 1 aliphatic heterocycles. The summed E-state index contributed by atoms with van der Waals surface area (Å²) in [6.07, 6.45) is 0.154. The highest BCUT2D eigenvalue weighted by Crippen LogP contribution is 2.34. The Morgan fingerprint density at radius 2 is 1.97 bits per heavy atom. The highest BCUT2D eigenvalue weighted by atomic mass is 19.1. The number of aromatic amines is 1. The van der Waals surface area contributed by atoms with E-state index in [1.807, 2.05) is 0 Å². The average Bonchev–Trinajstić information content (AvgIpc) is 3.35. The van der Waals surface area contributed by atoms with Crippen molar-refractivity contribution < 1.29 is 18.4 Å². The smallest absolute Gasteiger partial charge is 0.328 e. The number of H-pyrrole nitrogens is 1. The lowest BCUT2D eigenvalue weighted by molar-refractivity contribution is 0.174. The highest BCUT2D eigenvalue weighted by Gasteiger charge is 2.18. The molecule has 0 unspecified atom stereocenters. The van der Waals surface area contributed by atoms with Crippen LogP contribution in [0.1, 0.15) is 5.89 Å². The minimum atomic E-state index is -0.564. The molecule has 5 rings (SSSR count). The summed E-state index contributed by atoms with van der Waals surface area (Å²) in [5, 5.41) is 4.12. The molecule has 0 saturated carbocycles. The van der Waals surface area contributed by atoms with Crippen LogP contribution in [0.15, 0.2) is 50.5 Å². The SMILES string of the molecule is O=c1[nH]c2cc3c(cc2c(=O)n1CCc1nc(-c2cccc(F)c2)no1)OCO3. The lowest BCUT2D eigenvalue weighted by Gasteiger charge is -2.06. The van der Waals surface area contributed by atoms with Crippen molar-refractivity contribution in [2.75, 3.05) is 6.79 Å². The Labute approximate surface area is 161 Å². The van der Waals surface area contributed by atoms with Crippen molar-refractivity contribution in [3.8, 4) is 22.9 Å². The molecule has 0 fully saturated rings. The van der Waals surface area contributed by atoms with Gasteiger partial charge in [0.15, 0.2) is 11.5 Å². The molecule has 0 atom stereocenters. The van der Waals surface area contributed by atoms with Gasteiger partial charge in [-0.1, -0.05) is 17.3 Å². The van der Waals surface area contributed by atoms with E-state index in [0.717, 1.165) is 4.57 Å². The summed E-state index contributed by atoms with van der Waals surface area (Å²) in [6.45, 7) is 0.0955. The second-order valence-electron chi connectivity index (χ2n) is 6.41. The van der Waals surface area contributed by atoms with Crippen LogP contribution in [0.5, 0.6) is 11.5 Å².